The molecule has 28 heavy (non-hydrogen) atoms. The number of nitrogens with one attached hydrogen (secondary N) is 1. The second-order valence-electron chi connectivity index (χ2n) is 6.39. The van der Waals surface area contributed by atoms with E-state index in [9.17, 15) is 4.79 Å². The van der Waals surface area contributed by atoms with E-state index in [0.717, 1.165) is 40.9 Å². The second kappa shape index (κ2) is 8.26. The van der Waals surface area contributed by atoms with Crippen molar-refractivity contribution >= 4 is 28.2 Å². The third-order valence-electron chi connectivity index (χ3n) is 4.66. The number of hydrogen-bond donors (Lipinski definition) is 1. The number of anilines is 2. The molecule has 3 aromatic rings. The fraction of sp³-hybridized carbons (Fsp3) is 0.250. The lowest BCUT2D eigenvalue weighted by Crippen LogP contribution is -2.50. The molecule has 1 N–H and O–H groups in total. The van der Waals surface area contributed by atoms with Crippen molar-refractivity contribution in [3.63, 3.8) is 0 Å². The number of amides is 2. The molecule has 1 fully saturated rings. The van der Waals surface area contributed by atoms with Crippen LogP contribution < -0.4 is 15.0 Å². The first-order valence-electron chi connectivity index (χ1n) is 9.05. The van der Waals surface area contributed by atoms with Crippen LogP contribution in [0.2, 0.25) is 0 Å². The highest BCUT2D eigenvalue weighted by molar-refractivity contribution is 7.14. The van der Waals surface area contributed by atoms with E-state index in [2.05, 4.69) is 20.4 Å². The highest BCUT2D eigenvalue weighted by Crippen LogP contribution is 2.23. The number of piperazine rings is 1. The highest BCUT2D eigenvalue weighted by Gasteiger charge is 2.22. The summed E-state index contributed by atoms with van der Waals surface area (Å²) in [7, 11) is 1.65. The van der Waals surface area contributed by atoms with Gasteiger partial charge < -0.3 is 14.5 Å². The number of benzene rings is 1. The Balaban J connectivity index is 1.36. The van der Waals surface area contributed by atoms with E-state index in [1.807, 2.05) is 58.8 Å². The number of ether oxygens (including phenoxy) is 1. The van der Waals surface area contributed by atoms with Gasteiger partial charge in [0, 0.05) is 31.7 Å². The number of nitrogens with zero attached hydrogens (tertiary/aromatic N) is 4. The molecule has 144 valence electrons. The van der Waals surface area contributed by atoms with Gasteiger partial charge in [0.25, 0.3) is 0 Å². The van der Waals surface area contributed by atoms with Crippen molar-refractivity contribution in [2.24, 2.45) is 0 Å². The molecule has 8 heteroatoms. The number of urea groups is 1. The van der Waals surface area contributed by atoms with Crippen LogP contribution in [0.5, 0.6) is 5.75 Å². The highest BCUT2D eigenvalue weighted by atomic mass is 32.1. The molecule has 3 heterocycles. The summed E-state index contributed by atoms with van der Waals surface area (Å²) in [5.74, 6) is 1.62. The molecule has 0 atom stereocenters. The number of rotatable bonds is 4. The molecule has 1 aliphatic heterocycles. The lowest BCUT2D eigenvalue weighted by atomic mass is 10.1. The Bertz CT molecular complexity index is 922. The molecule has 0 bridgehead atoms. The van der Waals surface area contributed by atoms with Crippen molar-refractivity contribution in [3.8, 4) is 17.0 Å². The van der Waals surface area contributed by atoms with Crippen molar-refractivity contribution in [1.82, 2.24) is 15.1 Å². The van der Waals surface area contributed by atoms with Crippen LogP contribution >= 0.6 is 11.3 Å². The zero-order valence-electron chi connectivity index (χ0n) is 15.5. The van der Waals surface area contributed by atoms with Gasteiger partial charge >= 0.3 is 6.03 Å². The topological polar surface area (TPSA) is 70.6 Å². The fourth-order valence-electron chi connectivity index (χ4n) is 3.10. The summed E-state index contributed by atoms with van der Waals surface area (Å²) in [6.07, 6.45) is 0. The predicted octanol–water partition coefficient (Wildman–Crippen LogP) is 3.57. The Morgan fingerprint density at radius 1 is 1.07 bits per heavy atom. The van der Waals surface area contributed by atoms with Crippen LogP contribution in [0.3, 0.4) is 0 Å². The molecule has 1 aromatic carbocycles. The van der Waals surface area contributed by atoms with Gasteiger partial charge in [-0.2, -0.15) is 0 Å². The molecule has 0 unspecified atom stereocenters. The van der Waals surface area contributed by atoms with E-state index in [-0.39, 0.29) is 6.03 Å². The fourth-order valence-corrected chi connectivity index (χ4v) is 3.71. The molecule has 7 nitrogen and oxygen atoms in total. The third kappa shape index (κ3) is 4.07. The minimum absolute atomic E-state index is 0.0541. The van der Waals surface area contributed by atoms with Gasteiger partial charge in [-0.1, -0.05) is 12.1 Å². The van der Waals surface area contributed by atoms with Gasteiger partial charge in [0.15, 0.2) is 5.82 Å². The van der Waals surface area contributed by atoms with Gasteiger partial charge in [0.05, 0.1) is 17.8 Å². The molecule has 2 aromatic heterocycles. The quantitative estimate of drug-likeness (QED) is 0.731. The molecule has 0 spiro atoms. The molecule has 2 amide bonds. The molecular formula is C20H21N5O2S. The van der Waals surface area contributed by atoms with E-state index in [0.29, 0.717) is 13.1 Å². The van der Waals surface area contributed by atoms with Gasteiger partial charge in [-0.3, -0.25) is 5.32 Å². The Morgan fingerprint density at radius 3 is 2.61 bits per heavy atom. The van der Waals surface area contributed by atoms with Crippen LogP contribution in [0.4, 0.5) is 15.6 Å². The van der Waals surface area contributed by atoms with E-state index in [1.165, 1.54) is 11.3 Å². The van der Waals surface area contributed by atoms with Crippen molar-refractivity contribution in [2.75, 3.05) is 43.5 Å². The Labute approximate surface area is 167 Å². The van der Waals surface area contributed by atoms with Crippen molar-refractivity contribution in [2.45, 2.75) is 0 Å². The first kappa shape index (κ1) is 18.2. The Morgan fingerprint density at radius 2 is 1.93 bits per heavy atom. The number of hydrogen-bond acceptors (Lipinski definition) is 6. The molecule has 1 aliphatic rings. The van der Waals surface area contributed by atoms with Gasteiger partial charge in [0.2, 0.25) is 0 Å². The largest absolute Gasteiger partial charge is 0.497 e. The molecule has 0 saturated carbocycles. The Hall–Kier alpha value is -3.13. The first-order chi connectivity index (χ1) is 13.7. The van der Waals surface area contributed by atoms with Gasteiger partial charge in [-0.15, -0.1) is 21.5 Å². The number of carbonyl (C=O) groups excluding carboxylic acids is 1. The van der Waals surface area contributed by atoms with E-state index >= 15 is 0 Å². The molecule has 0 aliphatic carbocycles. The van der Waals surface area contributed by atoms with Gasteiger partial charge in [-0.05, 0) is 41.8 Å². The van der Waals surface area contributed by atoms with E-state index in [4.69, 9.17) is 4.74 Å². The molecule has 1 saturated heterocycles. The number of thiophene rings is 1. The summed E-state index contributed by atoms with van der Waals surface area (Å²) >= 11 is 1.52. The summed E-state index contributed by atoms with van der Waals surface area (Å²) in [5.41, 5.74) is 1.77. The summed E-state index contributed by atoms with van der Waals surface area (Å²) in [5, 5.41) is 14.5. The maximum atomic E-state index is 12.3. The van der Waals surface area contributed by atoms with Crippen LogP contribution in [-0.4, -0.2) is 54.4 Å². The summed E-state index contributed by atoms with van der Waals surface area (Å²) in [6, 6.07) is 15.5. The van der Waals surface area contributed by atoms with Crippen molar-refractivity contribution in [3.05, 3.63) is 53.9 Å². The monoisotopic (exact) mass is 395 g/mol. The van der Waals surface area contributed by atoms with Crippen molar-refractivity contribution in [1.29, 1.82) is 0 Å². The Kier molecular flexibility index (Phi) is 5.38. The number of carbonyl (C=O) groups is 1. The van der Waals surface area contributed by atoms with Gasteiger partial charge in [0.1, 0.15) is 5.75 Å². The zero-order valence-corrected chi connectivity index (χ0v) is 16.4. The second-order valence-corrected chi connectivity index (χ2v) is 7.34. The van der Waals surface area contributed by atoms with Crippen LogP contribution in [-0.2, 0) is 0 Å². The lowest BCUT2D eigenvalue weighted by molar-refractivity contribution is 0.208. The minimum atomic E-state index is -0.0541. The summed E-state index contributed by atoms with van der Waals surface area (Å²) < 4.78 is 5.26. The maximum Gasteiger partial charge on any atom is 0.322 e. The number of aromatic nitrogens is 2. The molecule has 4 rings (SSSR count). The van der Waals surface area contributed by atoms with Crippen LogP contribution in [0, 0.1) is 0 Å². The maximum absolute atomic E-state index is 12.3. The SMILES string of the molecule is COc1cccc(-c2ccc(N3CCN(C(=O)Nc4cccs4)CC3)nn2)c1. The summed E-state index contributed by atoms with van der Waals surface area (Å²) in [4.78, 5) is 16.3. The summed E-state index contributed by atoms with van der Waals surface area (Å²) in [6.45, 7) is 2.75. The van der Waals surface area contributed by atoms with Crippen LogP contribution in [0.15, 0.2) is 53.9 Å². The number of methoxy groups -OCH3 is 1. The first-order valence-corrected chi connectivity index (χ1v) is 9.93. The van der Waals surface area contributed by atoms with Gasteiger partial charge in [-0.25, -0.2) is 4.79 Å². The molecular weight excluding hydrogens is 374 g/mol. The third-order valence-corrected chi connectivity index (χ3v) is 5.44. The van der Waals surface area contributed by atoms with Crippen LogP contribution in [0.25, 0.3) is 11.3 Å². The average molecular weight is 395 g/mol. The lowest BCUT2D eigenvalue weighted by Gasteiger charge is -2.35. The normalized spacial score (nSPS) is 14.0. The molecule has 0 radical (unpaired) electrons. The van der Waals surface area contributed by atoms with E-state index in [1.54, 1.807) is 7.11 Å². The standard InChI is InChI=1S/C20H21N5O2S/c1-27-16-5-2-4-15(14-16)17-7-8-18(23-22-17)24-9-11-25(12-10-24)20(26)21-19-6-3-13-28-19/h2-8,13-14H,9-12H2,1H3,(H,21,26). The average Bonchev–Trinajstić information content (AvgIpc) is 3.27. The smallest absolute Gasteiger partial charge is 0.322 e. The van der Waals surface area contributed by atoms with Crippen LogP contribution in [0.1, 0.15) is 0 Å². The minimum Gasteiger partial charge on any atom is -0.497 e. The predicted molar refractivity (Wildman–Crippen MR) is 111 cm³/mol. The van der Waals surface area contributed by atoms with Crippen molar-refractivity contribution < 1.29 is 9.53 Å². The van der Waals surface area contributed by atoms with E-state index < -0.39 is 0 Å². The zero-order chi connectivity index (χ0) is 19.3.